The third kappa shape index (κ3) is 1.60. The first-order valence-electron chi connectivity index (χ1n) is 6.32. The highest BCUT2D eigenvalue weighted by Gasteiger charge is 2.67. The molecule has 0 aromatic heterocycles. The Bertz CT molecular complexity index is 478. The molecule has 0 spiro atoms. The molecule has 1 nitrogen and oxygen atoms in total. The molecular weight excluding hydrogens is 232 g/mol. The van der Waals surface area contributed by atoms with Crippen molar-refractivity contribution in [2.24, 2.45) is 22.5 Å². The van der Waals surface area contributed by atoms with Crippen LogP contribution in [0.3, 0.4) is 0 Å². The number of hydrogen-bond acceptors (Lipinski definition) is 1. The third-order valence-electron chi connectivity index (χ3n) is 5.14. The van der Waals surface area contributed by atoms with Crippen LogP contribution in [0.1, 0.15) is 44.9 Å². The van der Waals surface area contributed by atoms with Crippen LogP contribution >= 0.6 is 0 Å². The molecule has 0 bridgehead atoms. The van der Waals surface area contributed by atoms with Gasteiger partial charge in [0.1, 0.15) is 11.6 Å². The maximum absolute atomic E-state index is 14.1. The lowest BCUT2D eigenvalue weighted by Crippen LogP contribution is -2.20. The van der Waals surface area contributed by atoms with Gasteiger partial charge in [-0.1, -0.05) is 33.8 Å². The molecule has 1 aromatic carbocycles. The van der Waals surface area contributed by atoms with Crippen LogP contribution in [0.25, 0.3) is 0 Å². The lowest BCUT2D eigenvalue weighted by Gasteiger charge is -2.17. The van der Waals surface area contributed by atoms with Crippen molar-refractivity contribution < 1.29 is 8.78 Å². The summed E-state index contributed by atoms with van der Waals surface area (Å²) >= 11 is 0. The van der Waals surface area contributed by atoms with Crippen LogP contribution in [0, 0.1) is 35.3 Å². The van der Waals surface area contributed by atoms with Gasteiger partial charge in [-0.2, -0.15) is 0 Å². The van der Waals surface area contributed by atoms with Gasteiger partial charge in [0.05, 0.1) is 0 Å². The number of benzene rings is 1. The number of nitrogens with two attached hydrogens (primary N) is 1. The minimum atomic E-state index is -0.588. The maximum Gasteiger partial charge on any atom is 0.133 e. The highest BCUT2D eigenvalue weighted by Crippen LogP contribution is 2.72. The van der Waals surface area contributed by atoms with Crippen LogP contribution in [0.15, 0.2) is 12.1 Å². The molecule has 3 heteroatoms. The highest BCUT2D eigenvalue weighted by atomic mass is 19.1. The van der Waals surface area contributed by atoms with Crippen molar-refractivity contribution in [3.63, 3.8) is 0 Å². The molecule has 1 aliphatic carbocycles. The van der Waals surface area contributed by atoms with E-state index in [9.17, 15) is 8.78 Å². The van der Waals surface area contributed by atoms with Gasteiger partial charge in [0.25, 0.3) is 0 Å². The first-order chi connectivity index (χ1) is 8.12. The number of hydrogen-bond donors (Lipinski definition) is 1. The number of rotatable bonds is 2. The molecule has 0 amide bonds. The smallest absolute Gasteiger partial charge is 0.133 e. The van der Waals surface area contributed by atoms with Gasteiger partial charge < -0.3 is 5.73 Å². The number of aryl methyl sites for hydroxylation is 1. The Hall–Kier alpha value is -0.960. The normalized spacial score (nSPS) is 22.9. The van der Waals surface area contributed by atoms with E-state index in [1.807, 2.05) is 0 Å². The molecule has 2 N–H and O–H groups in total. The minimum Gasteiger partial charge on any atom is -0.324 e. The zero-order valence-electron chi connectivity index (χ0n) is 11.6. The van der Waals surface area contributed by atoms with Crippen LogP contribution in [0.4, 0.5) is 8.78 Å². The van der Waals surface area contributed by atoms with Gasteiger partial charge in [0.15, 0.2) is 0 Å². The van der Waals surface area contributed by atoms with Gasteiger partial charge in [-0.15, -0.1) is 0 Å². The summed E-state index contributed by atoms with van der Waals surface area (Å²) in [6, 6.07) is 2.16. The zero-order chi connectivity index (χ0) is 13.9. The van der Waals surface area contributed by atoms with E-state index in [1.165, 1.54) is 12.1 Å². The van der Waals surface area contributed by atoms with Crippen molar-refractivity contribution in [3.05, 3.63) is 34.9 Å². The highest BCUT2D eigenvalue weighted by molar-refractivity contribution is 5.33. The van der Waals surface area contributed by atoms with Crippen LogP contribution in [-0.2, 0) is 0 Å². The molecule has 1 aliphatic rings. The van der Waals surface area contributed by atoms with Gasteiger partial charge in [0, 0.05) is 11.6 Å². The molecule has 2 rings (SSSR count). The largest absolute Gasteiger partial charge is 0.324 e. The topological polar surface area (TPSA) is 26.0 Å². The van der Waals surface area contributed by atoms with E-state index in [-0.39, 0.29) is 22.3 Å². The van der Waals surface area contributed by atoms with Gasteiger partial charge in [-0.05, 0) is 35.3 Å². The van der Waals surface area contributed by atoms with Gasteiger partial charge in [-0.3, -0.25) is 0 Å². The molecular formula is C15H21F2N. The summed E-state index contributed by atoms with van der Waals surface area (Å²) in [5.74, 6) is -0.944. The second kappa shape index (κ2) is 3.77. The molecule has 1 unspecified atom stereocenters. The second-order valence-corrected chi connectivity index (χ2v) is 6.54. The fraction of sp³-hybridized carbons (Fsp3) is 0.600. The van der Waals surface area contributed by atoms with E-state index in [1.54, 1.807) is 6.92 Å². The minimum absolute atomic E-state index is 0.00897. The Morgan fingerprint density at radius 2 is 1.61 bits per heavy atom. The van der Waals surface area contributed by atoms with Crippen molar-refractivity contribution in [1.29, 1.82) is 0 Å². The molecule has 0 aliphatic heterocycles. The lowest BCUT2D eigenvalue weighted by atomic mass is 9.95. The summed E-state index contributed by atoms with van der Waals surface area (Å²) in [4.78, 5) is 0. The first-order valence-corrected chi connectivity index (χ1v) is 6.32. The van der Waals surface area contributed by atoms with E-state index < -0.39 is 17.7 Å². The molecule has 1 saturated carbocycles. The average Bonchev–Trinajstić information content (AvgIpc) is 2.64. The number of halogens is 2. The second-order valence-electron chi connectivity index (χ2n) is 6.54. The van der Waals surface area contributed by atoms with Crippen LogP contribution < -0.4 is 5.73 Å². The predicted molar refractivity (Wildman–Crippen MR) is 69.1 cm³/mol. The Morgan fingerprint density at radius 3 is 2.06 bits per heavy atom. The van der Waals surface area contributed by atoms with E-state index in [4.69, 9.17) is 5.73 Å². The molecule has 1 aromatic rings. The molecule has 100 valence electrons. The van der Waals surface area contributed by atoms with Crippen LogP contribution in [0.2, 0.25) is 0 Å². The molecule has 0 radical (unpaired) electrons. The van der Waals surface area contributed by atoms with Crippen molar-refractivity contribution in [3.8, 4) is 0 Å². The van der Waals surface area contributed by atoms with Crippen molar-refractivity contribution in [2.45, 2.75) is 40.7 Å². The van der Waals surface area contributed by atoms with Crippen LogP contribution in [-0.4, -0.2) is 0 Å². The van der Waals surface area contributed by atoms with Crippen molar-refractivity contribution in [2.75, 3.05) is 0 Å². The zero-order valence-corrected chi connectivity index (χ0v) is 11.6. The fourth-order valence-corrected chi connectivity index (χ4v) is 3.30. The first kappa shape index (κ1) is 13.5. The van der Waals surface area contributed by atoms with Crippen LogP contribution in [0.5, 0.6) is 0 Å². The van der Waals surface area contributed by atoms with E-state index >= 15 is 0 Å². The molecule has 0 saturated heterocycles. The van der Waals surface area contributed by atoms with E-state index in [0.717, 1.165) is 0 Å². The predicted octanol–water partition coefficient (Wildman–Crippen LogP) is 3.96. The lowest BCUT2D eigenvalue weighted by molar-refractivity contribution is 0.448. The monoisotopic (exact) mass is 253 g/mol. The summed E-state index contributed by atoms with van der Waals surface area (Å²) in [5, 5.41) is 0. The van der Waals surface area contributed by atoms with Crippen molar-refractivity contribution in [1.82, 2.24) is 0 Å². The van der Waals surface area contributed by atoms with Gasteiger partial charge >= 0.3 is 0 Å². The summed E-state index contributed by atoms with van der Waals surface area (Å²) < 4.78 is 27.9. The third-order valence-corrected chi connectivity index (χ3v) is 5.14. The fourth-order valence-electron chi connectivity index (χ4n) is 3.30. The summed E-state index contributed by atoms with van der Waals surface area (Å²) in [6.45, 7) is 10.0. The maximum atomic E-state index is 14.1. The Morgan fingerprint density at radius 1 is 1.11 bits per heavy atom. The summed E-state index contributed by atoms with van der Waals surface area (Å²) in [5.41, 5.74) is 6.64. The Kier molecular flexibility index (Phi) is 2.82. The molecule has 1 atom stereocenters. The summed E-state index contributed by atoms with van der Waals surface area (Å²) in [6.07, 6.45) is 0. The summed E-state index contributed by atoms with van der Waals surface area (Å²) in [7, 11) is 0. The van der Waals surface area contributed by atoms with Gasteiger partial charge in [0.2, 0.25) is 0 Å². The quantitative estimate of drug-likeness (QED) is 0.848. The van der Waals surface area contributed by atoms with Gasteiger partial charge in [-0.25, -0.2) is 8.78 Å². The average molecular weight is 253 g/mol. The van der Waals surface area contributed by atoms with Crippen molar-refractivity contribution >= 4 is 0 Å². The Labute approximate surface area is 107 Å². The molecule has 0 heterocycles. The van der Waals surface area contributed by atoms with E-state index in [0.29, 0.717) is 5.56 Å². The van der Waals surface area contributed by atoms with E-state index in [2.05, 4.69) is 27.7 Å². The Balaban J connectivity index is 2.43. The standard InChI is InChI=1S/C15H21F2N/c1-8-6-7-9(16)10(11(8)17)12(18)13-14(2,3)15(13,4)5/h6-7,12-13H,18H2,1-5H3. The molecule has 1 fully saturated rings. The molecule has 18 heavy (non-hydrogen) atoms. The SMILES string of the molecule is Cc1ccc(F)c(C(N)C2C(C)(C)C2(C)C)c1F.